The summed E-state index contributed by atoms with van der Waals surface area (Å²) in [4.78, 5) is 11.9. The highest BCUT2D eigenvalue weighted by Crippen LogP contribution is 2.47. The van der Waals surface area contributed by atoms with Crippen LogP contribution in [0.2, 0.25) is 5.02 Å². The van der Waals surface area contributed by atoms with Crippen LogP contribution in [0, 0.1) is 0 Å². The zero-order valence-corrected chi connectivity index (χ0v) is 15.1. The van der Waals surface area contributed by atoms with Crippen molar-refractivity contribution in [3.63, 3.8) is 0 Å². The largest absolute Gasteiger partial charge is 0.514 e. The molecular weight excluding hydrogens is 350 g/mol. The summed E-state index contributed by atoms with van der Waals surface area (Å²) in [6.45, 7) is 0.815. The van der Waals surface area contributed by atoms with Crippen molar-refractivity contribution in [2.45, 2.75) is 19.4 Å². The molecule has 0 saturated heterocycles. The monoisotopic (exact) mass is 367 g/mol. The summed E-state index contributed by atoms with van der Waals surface area (Å²) in [6.07, 6.45) is 1.24. The maximum Gasteiger partial charge on any atom is 0.514 e. The Labute approximate surface area is 156 Å². The molecule has 0 aliphatic carbocycles. The molecule has 0 radical (unpaired) electrons. The van der Waals surface area contributed by atoms with Crippen molar-refractivity contribution in [2.75, 3.05) is 7.11 Å². The summed E-state index contributed by atoms with van der Waals surface area (Å²) in [6, 6.07) is 17.7. The first-order valence-electron chi connectivity index (χ1n) is 8.51. The number of carbonyl (C=O) groups excluding carboxylic acids is 1. The lowest BCUT2D eigenvalue weighted by atomic mass is 9.95. The van der Waals surface area contributed by atoms with E-state index in [1.54, 1.807) is 0 Å². The Morgan fingerprint density at radius 3 is 2.38 bits per heavy atom. The molecule has 5 heteroatoms. The fourth-order valence-corrected chi connectivity index (χ4v) is 3.70. The van der Waals surface area contributed by atoms with Gasteiger partial charge in [0.25, 0.3) is 0 Å². The Morgan fingerprint density at radius 2 is 1.69 bits per heavy atom. The number of nitrogens with zero attached hydrogens (tertiary/aromatic N) is 1. The lowest BCUT2D eigenvalue weighted by Gasteiger charge is -2.10. The number of hydrogen-bond donors (Lipinski definition) is 0. The minimum Gasteiger partial charge on any atom is -0.437 e. The highest BCUT2D eigenvalue weighted by atomic mass is 35.5. The number of halogens is 1. The van der Waals surface area contributed by atoms with Crippen molar-refractivity contribution in [2.24, 2.45) is 0 Å². The number of hydrogen-bond acceptors (Lipinski definition) is 3. The predicted octanol–water partition coefficient (Wildman–Crippen LogP) is 5.57. The quantitative estimate of drug-likeness (QED) is 0.568. The molecule has 2 aromatic carbocycles. The van der Waals surface area contributed by atoms with Gasteiger partial charge in [0.05, 0.1) is 12.7 Å². The second-order valence-electron chi connectivity index (χ2n) is 6.19. The molecular formula is C21H18ClNO3. The van der Waals surface area contributed by atoms with E-state index < -0.39 is 6.16 Å². The molecule has 1 aliphatic rings. The van der Waals surface area contributed by atoms with Crippen LogP contribution in [0.5, 0.6) is 5.88 Å². The molecule has 132 valence electrons. The molecule has 3 aromatic rings. The second kappa shape index (κ2) is 6.89. The van der Waals surface area contributed by atoms with Gasteiger partial charge in [0.15, 0.2) is 0 Å². The van der Waals surface area contributed by atoms with E-state index in [2.05, 4.69) is 4.57 Å². The molecule has 0 N–H and O–H groups in total. The molecule has 0 bridgehead atoms. The van der Waals surface area contributed by atoms with Crippen LogP contribution in [0.1, 0.15) is 12.1 Å². The molecule has 1 aromatic heterocycles. The van der Waals surface area contributed by atoms with Gasteiger partial charge in [-0.25, -0.2) is 4.79 Å². The molecule has 1 aliphatic heterocycles. The van der Waals surface area contributed by atoms with E-state index in [0.29, 0.717) is 10.9 Å². The number of rotatable bonds is 3. The third kappa shape index (κ3) is 2.86. The molecule has 0 atom stereocenters. The van der Waals surface area contributed by atoms with Gasteiger partial charge in [-0.2, -0.15) is 0 Å². The Bertz CT molecular complexity index is 946. The normalized spacial score (nSPS) is 12.7. The number of ether oxygens (including phenoxy) is 2. The van der Waals surface area contributed by atoms with Crippen molar-refractivity contribution >= 4 is 17.8 Å². The summed E-state index contributed by atoms with van der Waals surface area (Å²) >= 11 is 6.07. The first-order valence-corrected chi connectivity index (χ1v) is 8.89. The molecule has 4 nitrogen and oxygen atoms in total. The molecule has 0 spiro atoms. The van der Waals surface area contributed by atoms with Gasteiger partial charge in [-0.1, -0.05) is 54.1 Å². The third-order valence-electron chi connectivity index (χ3n) is 4.66. The number of aromatic nitrogens is 1. The average molecular weight is 368 g/mol. The predicted molar refractivity (Wildman–Crippen MR) is 102 cm³/mol. The summed E-state index contributed by atoms with van der Waals surface area (Å²) in [5.74, 6) is 0.542. The Kier molecular flexibility index (Phi) is 4.43. The number of methoxy groups -OCH3 is 1. The van der Waals surface area contributed by atoms with Gasteiger partial charge in [-0.05, 0) is 36.1 Å². The van der Waals surface area contributed by atoms with Crippen molar-refractivity contribution in [1.29, 1.82) is 0 Å². The number of carbonyl (C=O) groups is 1. The Balaban J connectivity index is 1.99. The summed E-state index contributed by atoms with van der Waals surface area (Å²) in [7, 11) is 1.32. The molecule has 0 fully saturated rings. The first-order chi connectivity index (χ1) is 12.7. The van der Waals surface area contributed by atoms with Crippen LogP contribution in [0.4, 0.5) is 4.79 Å². The van der Waals surface area contributed by atoms with E-state index in [0.717, 1.165) is 41.6 Å². The topological polar surface area (TPSA) is 40.5 Å². The zero-order chi connectivity index (χ0) is 18.1. The molecule has 0 saturated carbocycles. The van der Waals surface area contributed by atoms with Crippen LogP contribution < -0.4 is 4.74 Å². The lowest BCUT2D eigenvalue weighted by Crippen LogP contribution is -2.11. The maximum absolute atomic E-state index is 11.9. The highest BCUT2D eigenvalue weighted by molar-refractivity contribution is 6.30. The smallest absolute Gasteiger partial charge is 0.437 e. The first kappa shape index (κ1) is 16.7. The van der Waals surface area contributed by atoms with Crippen LogP contribution in [0.25, 0.3) is 22.3 Å². The molecule has 2 heterocycles. The number of benzene rings is 2. The van der Waals surface area contributed by atoms with Crippen molar-refractivity contribution in [3.8, 4) is 28.1 Å². The summed E-state index contributed by atoms with van der Waals surface area (Å²) in [5, 5.41) is 0.692. The van der Waals surface area contributed by atoms with Gasteiger partial charge in [0.1, 0.15) is 0 Å². The van der Waals surface area contributed by atoms with Crippen molar-refractivity contribution < 1.29 is 14.3 Å². The standard InChI is InChI=1S/C21H18ClNO3/c1-25-21(24)26-20-19(14-6-3-2-4-7-14)18(17-8-5-13-23(17)20)15-9-11-16(22)12-10-15/h2-4,6-7,9-12H,5,8,13H2,1H3. The van der Waals surface area contributed by atoms with Crippen LogP contribution in [0.3, 0.4) is 0 Å². The van der Waals surface area contributed by atoms with E-state index in [4.69, 9.17) is 21.1 Å². The lowest BCUT2D eigenvalue weighted by molar-refractivity contribution is 0.118. The van der Waals surface area contributed by atoms with Crippen LogP contribution in [-0.4, -0.2) is 17.8 Å². The Hall–Kier alpha value is -2.72. The highest BCUT2D eigenvalue weighted by Gasteiger charge is 2.30. The van der Waals surface area contributed by atoms with Crippen LogP contribution >= 0.6 is 11.6 Å². The van der Waals surface area contributed by atoms with E-state index in [1.165, 1.54) is 12.8 Å². The summed E-state index contributed by atoms with van der Waals surface area (Å²) in [5.41, 5.74) is 5.22. The van der Waals surface area contributed by atoms with Gasteiger partial charge in [0.2, 0.25) is 5.88 Å². The molecule has 0 unspecified atom stereocenters. The van der Waals surface area contributed by atoms with E-state index in [-0.39, 0.29) is 0 Å². The van der Waals surface area contributed by atoms with Crippen LogP contribution in [0.15, 0.2) is 54.6 Å². The Morgan fingerprint density at radius 1 is 1.00 bits per heavy atom. The molecule has 0 amide bonds. The summed E-state index contributed by atoms with van der Waals surface area (Å²) < 4.78 is 12.4. The van der Waals surface area contributed by atoms with Crippen molar-refractivity contribution in [1.82, 2.24) is 4.57 Å². The minimum absolute atomic E-state index is 0.542. The van der Waals surface area contributed by atoms with Crippen molar-refractivity contribution in [3.05, 3.63) is 65.3 Å². The second-order valence-corrected chi connectivity index (χ2v) is 6.62. The maximum atomic E-state index is 11.9. The van der Waals surface area contributed by atoms with Gasteiger partial charge in [0, 0.05) is 22.8 Å². The number of fused-ring (bicyclic) bond motifs is 1. The molecule has 26 heavy (non-hydrogen) atoms. The molecule has 4 rings (SSSR count). The van der Waals surface area contributed by atoms with E-state index >= 15 is 0 Å². The fourth-order valence-electron chi connectivity index (χ4n) is 3.57. The SMILES string of the molecule is COC(=O)Oc1c(-c2ccccc2)c(-c2ccc(Cl)cc2)c2n1CCC2. The van der Waals surface area contributed by atoms with E-state index in [9.17, 15) is 4.79 Å². The van der Waals surface area contributed by atoms with Crippen LogP contribution in [-0.2, 0) is 17.7 Å². The van der Waals surface area contributed by atoms with Gasteiger partial charge in [-0.15, -0.1) is 0 Å². The fraction of sp³-hybridized carbons (Fsp3) is 0.190. The van der Waals surface area contributed by atoms with E-state index in [1.807, 2.05) is 54.6 Å². The zero-order valence-electron chi connectivity index (χ0n) is 14.4. The minimum atomic E-state index is -0.711. The van der Waals surface area contributed by atoms with Gasteiger partial charge in [-0.3, -0.25) is 0 Å². The van der Waals surface area contributed by atoms with Gasteiger partial charge < -0.3 is 14.0 Å². The third-order valence-corrected chi connectivity index (χ3v) is 4.91. The van der Waals surface area contributed by atoms with Gasteiger partial charge >= 0.3 is 6.16 Å². The average Bonchev–Trinajstić information content (AvgIpc) is 3.25.